The van der Waals surface area contributed by atoms with E-state index in [2.05, 4.69) is 72.6 Å². The topological polar surface area (TPSA) is 18.5 Å². The Bertz CT molecular complexity index is 557. The van der Waals surface area contributed by atoms with Gasteiger partial charge in [-0.1, -0.05) is 37.3 Å². The summed E-state index contributed by atoms with van der Waals surface area (Å²) in [5.41, 5.74) is 7.37. The molecule has 0 amide bonds. The molecule has 1 aromatic carbocycles. The van der Waals surface area contributed by atoms with Crippen molar-refractivity contribution in [3.63, 3.8) is 0 Å². The average molecular weight is 411 g/mol. The molecule has 0 aliphatic carbocycles. The lowest BCUT2D eigenvalue weighted by molar-refractivity contribution is 0.196. The third kappa shape index (κ3) is 3.59. The molecule has 0 bridgehead atoms. The Balaban J connectivity index is 0.00000176. The van der Waals surface area contributed by atoms with Crippen molar-refractivity contribution in [3.05, 3.63) is 53.4 Å². The molecule has 1 saturated heterocycles. The predicted molar refractivity (Wildman–Crippen MR) is 103 cm³/mol. The minimum Gasteiger partial charge on any atom is -0.357 e. The average Bonchev–Trinajstić information content (AvgIpc) is 2.48. The van der Waals surface area contributed by atoms with Gasteiger partial charge in [-0.3, -0.25) is 10.4 Å². The van der Waals surface area contributed by atoms with E-state index in [-0.39, 0.29) is 24.0 Å². The molecule has 3 nitrogen and oxygen atoms in total. The quantitative estimate of drug-likeness (QED) is 0.741. The Morgan fingerprint density at radius 2 is 1.73 bits per heavy atom. The van der Waals surface area contributed by atoms with Gasteiger partial charge in [0, 0.05) is 20.1 Å². The van der Waals surface area contributed by atoms with Gasteiger partial charge in [0.15, 0.2) is 0 Å². The molecule has 2 aliphatic rings. The van der Waals surface area contributed by atoms with Gasteiger partial charge in [0.1, 0.15) is 5.82 Å². The van der Waals surface area contributed by atoms with E-state index in [4.69, 9.17) is 0 Å². The lowest BCUT2D eigenvalue weighted by Crippen LogP contribution is -2.45. The van der Waals surface area contributed by atoms with Crippen LogP contribution in [0, 0.1) is 5.92 Å². The summed E-state index contributed by atoms with van der Waals surface area (Å²) in [7, 11) is 2.10. The molecule has 2 aliphatic heterocycles. The van der Waals surface area contributed by atoms with Gasteiger partial charge in [-0.15, -0.1) is 24.0 Å². The number of benzene rings is 1. The number of rotatable bonds is 2. The van der Waals surface area contributed by atoms with Crippen LogP contribution in [0.15, 0.2) is 47.8 Å². The molecule has 0 aromatic heterocycles. The molecule has 4 heteroatoms. The molecule has 1 aromatic rings. The molecule has 3 rings (SSSR count). The third-order valence-corrected chi connectivity index (χ3v) is 4.52. The van der Waals surface area contributed by atoms with Crippen LogP contribution in [0.3, 0.4) is 0 Å². The summed E-state index contributed by atoms with van der Waals surface area (Å²) in [5.74, 6) is 2.10. The van der Waals surface area contributed by atoms with Gasteiger partial charge in [0.25, 0.3) is 0 Å². The minimum atomic E-state index is 0. The second kappa shape index (κ2) is 7.40. The number of hydrazine groups is 1. The second-order valence-electron chi connectivity index (χ2n) is 6.27. The van der Waals surface area contributed by atoms with Crippen LogP contribution in [0.1, 0.15) is 32.3 Å². The molecule has 0 spiro atoms. The van der Waals surface area contributed by atoms with Crippen molar-refractivity contribution in [3.8, 4) is 0 Å². The number of halogens is 1. The van der Waals surface area contributed by atoms with Crippen LogP contribution in [0.25, 0.3) is 5.70 Å². The van der Waals surface area contributed by atoms with Gasteiger partial charge in [-0.2, -0.15) is 0 Å². The largest absolute Gasteiger partial charge is 0.357 e. The Morgan fingerprint density at radius 1 is 1.09 bits per heavy atom. The third-order valence-electron chi connectivity index (χ3n) is 4.52. The SMILES string of the molecule is CC1=C(c2ccccc2)N(C)NC(N2CCC(C)CC2)=C1.I. The summed E-state index contributed by atoms with van der Waals surface area (Å²) in [4.78, 5) is 2.47. The number of nitrogens with one attached hydrogen (secondary N) is 1. The van der Waals surface area contributed by atoms with Crippen molar-refractivity contribution in [2.45, 2.75) is 26.7 Å². The number of likely N-dealkylation sites (tertiary alicyclic amines) is 1. The fraction of sp³-hybridized carbons (Fsp3) is 0.444. The number of hydrogen-bond acceptors (Lipinski definition) is 3. The summed E-state index contributed by atoms with van der Waals surface area (Å²) < 4.78 is 0. The first-order valence-electron chi connectivity index (χ1n) is 7.88. The zero-order chi connectivity index (χ0) is 14.8. The maximum Gasteiger partial charge on any atom is 0.121 e. The molecule has 22 heavy (non-hydrogen) atoms. The van der Waals surface area contributed by atoms with E-state index in [1.807, 2.05) is 0 Å². The Morgan fingerprint density at radius 3 is 2.32 bits per heavy atom. The number of hydrogen-bond donors (Lipinski definition) is 1. The molecular formula is C18H26IN3. The summed E-state index contributed by atoms with van der Waals surface area (Å²) in [6.07, 6.45) is 4.87. The van der Waals surface area contributed by atoms with Crippen molar-refractivity contribution in [1.82, 2.24) is 15.3 Å². The smallest absolute Gasteiger partial charge is 0.121 e. The first-order valence-corrected chi connectivity index (χ1v) is 7.88. The lowest BCUT2D eigenvalue weighted by atomic mass is 9.99. The van der Waals surface area contributed by atoms with Crippen LogP contribution in [0.2, 0.25) is 0 Å². The maximum atomic E-state index is 3.54. The van der Waals surface area contributed by atoms with Crippen molar-refractivity contribution in [1.29, 1.82) is 0 Å². The van der Waals surface area contributed by atoms with Crippen molar-refractivity contribution < 1.29 is 0 Å². The molecule has 2 heterocycles. The van der Waals surface area contributed by atoms with Crippen LogP contribution in [-0.2, 0) is 0 Å². The zero-order valence-corrected chi connectivity index (χ0v) is 16.0. The molecular weight excluding hydrogens is 385 g/mol. The fourth-order valence-corrected chi connectivity index (χ4v) is 3.23. The highest BCUT2D eigenvalue weighted by atomic mass is 127. The van der Waals surface area contributed by atoms with Gasteiger partial charge >= 0.3 is 0 Å². The van der Waals surface area contributed by atoms with Crippen molar-refractivity contribution >= 4 is 29.7 Å². The first kappa shape index (κ1) is 17.2. The maximum absolute atomic E-state index is 3.54. The van der Waals surface area contributed by atoms with Crippen molar-refractivity contribution in [2.24, 2.45) is 5.92 Å². The summed E-state index contributed by atoms with van der Waals surface area (Å²) >= 11 is 0. The van der Waals surface area contributed by atoms with Crippen molar-refractivity contribution in [2.75, 3.05) is 20.1 Å². The normalized spacial score (nSPS) is 19.5. The standard InChI is InChI=1S/C18H25N3.HI/c1-14-9-11-21(12-10-14)17-13-15(2)18(20(3)19-17)16-7-5-4-6-8-16;/h4-8,13-14,19H,9-12H2,1-3H3;1H. The van der Waals surface area contributed by atoms with Crippen LogP contribution in [-0.4, -0.2) is 30.0 Å². The van der Waals surface area contributed by atoms with Gasteiger partial charge in [-0.25, -0.2) is 0 Å². The van der Waals surface area contributed by atoms with Crippen LogP contribution >= 0.6 is 24.0 Å². The molecule has 0 saturated carbocycles. The number of allylic oxidation sites excluding steroid dienone is 2. The fourth-order valence-electron chi connectivity index (χ4n) is 3.23. The Hall–Kier alpha value is -1.17. The van der Waals surface area contributed by atoms with E-state index in [0.29, 0.717) is 0 Å². The van der Waals surface area contributed by atoms with Crippen LogP contribution in [0.5, 0.6) is 0 Å². The summed E-state index contributed by atoms with van der Waals surface area (Å²) in [6, 6.07) is 10.6. The number of nitrogens with zero attached hydrogens (tertiary/aromatic N) is 2. The van der Waals surface area contributed by atoms with Gasteiger partial charge < -0.3 is 4.90 Å². The van der Waals surface area contributed by atoms with E-state index >= 15 is 0 Å². The Kier molecular flexibility index (Phi) is 5.78. The summed E-state index contributed by atoms with van der Waals surface area (Å²) in [6.45, 7) is 6.86. The van der Waals surface area contributed by atoms with E-state index < -0.39 is 0 Å². The Labute approximate surface area is 151 Å². The second-order valence-corrected chi connectivity index (χ2v) is 6.27. The molecule has 1 N–H and O–H groups in total. The van der Waals surface area contributed by atoms with E-state index in [9.17, 15) is 0 Å². The highest BCUT2D eigenvalue weighted by Crippen LogP contribution is 2.28. The highest BCUT2D eigenvalue weighted by Gasteiger charge is 2.23. The van der Waals surface area contributed by atoms with E-state index in [0.717, 1.165) is 19.0 Å². The molecule has 0 atom stereocenters. The molecule has 120 valence electrons. The molecule has 0 unspecified atom stereocenters. The van der Waals surface area contributed by atoms with Gasteiger partial charge in [-0.05, 0) is 42.9 Å². The van der Waals surface area contributed by atoms with Crippen LogP contribution in [0.4, 0.5) is 0 Å². The summed E-state index contributed by atoms with van der Waals surface area (Å²) in [5, 5.41) is 2.15. The minimum absolute atomic E-state index is 0. The van der Waals surface area contributed by atoms with Crippen LogP contribution < -0.4 is 5.43 Å². The predicted octanol–water partition coefficient (Wildman–Crippen LogP) is 4.06. The highest BCUT2D eigenvalue weighted by molar-refractivity contribution is 14.0. The van der Waals surface area contributed by atoms with E-state index in [1.54, 1.807) is 0 Å². The monoisotopic (exact) mass is 411 g/mol. The first-order chi connectivity index (χ1) is 10.1. The molecule has 1 fully saturated rings. The zero-order valence-electron chi connectivity index (χ0n) is 13.7. The van der Waals surface area contributed by atoms with Gasteiger partial charge in [0.05, 0.1) is 5.70 Å². The lowest BCUT2D eigenvalue weighted by Gasteiger charge is -2.39. The molecule has 0 radical (unpaired) electrons. The van der Waals surface area contributed by atoms with Gasteiger partial charge in [0.2, 0.25) is 0 Å². The number of piperidine rings is 1. The van der Waals surface area contributed by atoms with E-state index in [1.165, 1.54) is 35.5 Å².